The summed E-state index contributed by atoms with van der Waals surface area (Å²) in [4.78, 5) is 53.7. The van der Waals surface area contributed by atoms with Crippen LogP contribution in [0.1, 0.15) is 54.0 Å². The van der Waals surface area contributed by atoms with Crippen LogP contribution in [0.2, 0.25) is 5.02 Å². The van der Waals surface area contributed by atoms with Gasteiger partial charge in [0.15, 0.2) is 0 Å². The highest BCUT2D eigenvalue weighted by Crippen LogP contribution is 2.27. The van der Waals surface area contributed by atoms with E-state index in [-0.39, 0.29) is 49.1 Å². The minimum absolute atomic E-state index is 0.182. The molecule has 1 aliphatic heterocycles. The summed E-state index contributed by atoms with van der Waals surface area (Å²) in [5, 5.41) is 13.1. The summed E-state index contributed by atoms with van der Waals surface area (Å²) in [6, 6.07) is 6.22. The molecule has 4 aromatic rings. The monoisotopic (exact) mass is 674 g/mol. The van der Waals surface area contributed by atoms with E-state index in [4.69, 9.17) is 11.6 Å². The Labute approximate surface area is 272 Å². The van der Waals surface area contributed by atoms with E-state index in [1.165, 1.54) is 23.5 Å². The normalized spacial score (nSPS) is 14.6. The van der Waals surface area contributed by atoms with E-state index in [0.717, 1.165) is 0 Å². The van der Waals surface area contributed by atoms with Crippen molar-refractivity contribution in [3.05, 3.63) is 75.2 Å². The number of aromatic nitrogens is 3. The molecule has 0 aromatic carbocycles. The maximum Gasteiger partial charge on any atom is 0.272 e. The van der Waals surface area contributed by atoms with E-state index in [1.54, 1.807) is 70.9 Å². The van der Waals surface area contributed by atoms with Crippen molar-refractivity contribution < 1.29 is 28.0 Å². The SMILES string of the molecule is Cn1cc(NC(=O)c2cc(NC(=O)c3cc(NC(=O)c4sccc4Cl)cn3C)cn2C)cc1C(=O)NCCN1CCC(F)(F)CC1. The summed E-state index contributed by atoms with van der Waals surface area (Å²) >= 11 is 7.25. The Balaban J connectivity index is 1.15. The molecule has 12 nitrogen and oxygen atoms in total. The zero-order valence-electron chi connectivity index (χ0n) is 25.3. The van der Waals surface area contributed by atoms with E-state index >= 15 is 0 Å². The van der Waals surface area contributed by atoms with Crippen LogP contribution >= 0.6 is 22.9 Å². The van der Waals surface area contributed by atoms with Gasteiger partial charge in [-0.1, -0.05) is 11.6 Å². The molecule has 5 rings (SSSR count). The lowest BCUT2D eigenvalue weighted by Crippen LogP contribution is -2.43. The Kier molecular flexibility index (Phi) is 9.65. The van der Waals surface area contributed by atoms with Crippen LogP contribution in [-0.4, -0.2) is 74.3 Å². The number of carbonyl (C=O) groups is 4. The van der Waals surface area contributed by atoms with Crippen molar-refractivity contribution in [2.75, 3.05) is 42.1 Å². The molecule has 0 atom stereocenters. The number of likely N-dealkylation sites (tertiary alicyclic amines) is 1. The lowest BCUT2D eigenvalue weighted by atomic mass is 10.1. The van der Waals surface area contributed by atoms with Gasteiger partial charge in [0.1, 0.15) is 22.0 Å². The number of piperidine rings is 1. The zero-order valence-corrected chi connectivity index (χ0v) is 26.9. The molecule has 1 saturated heterocycles. The average molecular weight is 675 g/mol. The zero-order chi connectivity index (χ0) is 33.2. The van der Waals surface area contributed by atoms with Gasteiger partial charge < -0.3 is 39.9 Å². The number of carbonyl (C=O) groups excluding carboxylic acids is 4. The predicted molar refractivity (Wildman–Crippen MR) is 172 cm³/mol. The van der Waals surface area contributed by atoms with Crippen molar-refractivity contribution in [1.29, 1.82) is 0 Å². The van der Waals surface area contributed by atoms with Gasteiger partial charge >= 0.3 is 0 Å². The molecule has 0 aliphatic carbocycles. The van der Waals surface area contributed by atoms with E-state index in [0.29, 0.717) is 45.7 Å². The summed E-state index contributed by atoms with van der Waals surface area (Å²) < 4.78 is 31.4. The van der Waals surface area contributed by atoms with Gasteiger partial charge in [0.2, 0.25) is 0 Å². The smallest absolute Gasteiger partial charge is 0.272 e. The van der Waals surface area contributed by atoms with E-state index in [9.17, 15) is 28.0 Å². The molecular formula is C30H33ClF2N8O4S. The molecular weight excluding hydrogens is 642 g/mol. The van der Waals surface area contributed by atoms with E-state index in [2.05, 4.69) is 21.3 Å². The molecule has 0 unspecified atom stereocenters. The van der Waals surface area contributed by atoms with E-state index in [1.807, 2.05) is 4.90 Å². The number of hydrogen-bond donors (Lipinski definition) is 4. The van der Waals surface area contributed by atoms with Crippen molar-refractivity contribution >= 4 is 63.6 Å². The fourth-order valence-corrected chi connectivity index (χ4v) is 6.17. The number of hydrogen-bond acceptors (Lipinski definition) is 6. The van der Waals surface area contributed by atoms with E-state index < -0.39 is 17.7 Å². The van der Waals surface area contributed by atoms with Gasteiger partial charge in [0, 0.05) is 78.8 Å². The molecule has 1 aliphatic rings. The lowest BCUT2D eigenvalue weighted by Gasteiger charge is -2.31. The van der Waals surface area contributed by atoms with Crippen LogP contribution in [-0.2, 0) is 21.1 Å². The van der Waals surface area contributed by atoms with Gasteiger partial charge in [-0.2, -0.15) is 0 Å². The molecule has 244 valence electrons. The average Bonchev–Trinajstić information content (AvgIpc) is 3.76. The first-order valence-electron chi connectivity index (χ1n) is 14.3. The molecule has 4 aromatic heterocycles. The van der Waals surface area contributed by atoms with Gasteiger partial charge in [0.05, 0.1) is 22.1 Å². The van der Waals surface area contributed by atoms with Gasteiger partial charge in [0.25, 0.3) is 29.6 Å². The second-order valence-corrected chi connectivity index (χ2v) is 12.4. The third-order valence-corrected chi connectivity index (χ3v) is 8.95. The van der Waals surface area contributed by atoms with Crippen LogP contribution in [0.3, 0.4) is 0 Å². The van der Waals surface area contributed by atoms with Crippen molar-refractivity contribution in [2.24, 2.45) is 21.1 Å². The highest BCUT2D eigenvalue weighted by atomic mass is 35.5. The van der Waals surface area contributed by atoms with Gasteiger partial charge in [-0.15, -0.1) is 11.3 Å². The number of rotatable bonds is 10. The van der Waals surface area contributed by atoms with Crippen LogP contribution in [0.15, 0.2) is 48.2 Å². The predicted octanol–water partition coefficient (Wildman–Crippen LogP) is 4.63. The number of nitrogens with zero attached hydrogens (tertiary/aromatic N) is 4. The second-order valence-electron chi connectivity index (χ2n) is 11.1. The molecule has 5 heterocycles. The Morgan fingerprint density at radius 2 is 1.24 bits per heavy atom. The van der Waals surface area contributed by atoms with Crippen LogP contribution < -0.4 is 21.3 Å². The summed E-state index contributed by atoms with van der Waals surface area (Å²) in [6.45, 7) is 1.34. The van der Waals surface area contributed by atoms with Gasteiger partial charge in [-0.3, -0.25) is 19.2 Å². The maximum atomic E-state index is 13.4. The molecule has 0 spiro atoms. The molecule has 0 bridgehead atoms. The minimum atomic E-state index is -2.62. The topological polar surface area (TPSA) is 134 Å². The van der Waals surface area contributed by atoms with Crippen LogP contribution in [0.5, 0.6) is 0 Å². The first kappa shape index (κ1) is 32.9. The second kappa shape index (κ2) is 13.5. The highest BCUT2D eigenvalue weighted by molar-refractivity contribution is 7.12. The van der Waals surface area contributed by atoms with Crippen molar-refractivity contribution in [3.63, 3.8) is 0 Å². The number of halogens is 3. The molecule has 0 saturated carbocycles. The van der Waals surface area contributed by atoms with Crippen molar-refractivity contribution in [2.45, 2.75) is 18.8 Å². The quantitative estimate of drug-likeness (QED) is 0.195. The first-order chi connectivity index (χ1) is 21.8. The summed E-state index contributed by atoms with van der Waals surface area (Å²) in [5.74, 6) is -4.27. The third kappa shape index (κ3) is 7.66. The number of nitrogens with one attached hydrogen (secondary N) is 4. The standard InChI is InChI=1S/C30H33ClF2N8O4S/c1-38-15-18(12-22(38)26(42)34-7-10-41-8-5-30(32,33)6-9-41)35-27(43)23-13-19(16-39(23)2)36-28(44)24-14-20(17-40(24)3)37-29(45)25-21(31)4-11-46-25/h4,11-17H,5-10H2,1-3H3,(H,34,42)(H,35,43)(H,36,44)(H,37,45). The summed E-state index contributed by atoms with van der Waals surface area (Å²) in [5.41, 5.74) is 2.03. The van der Waals surface area contributed by atoms with Gasteiger partial charge in [-0.05, 0) is 29.6 Å². The molecule has 16 heteroatoms. The highest BCUT2D eigenvalue weighted by Gasteiger charge is 2.33. The number of anilines is 3. The van der Waals surface area contributed by atoms with Gasteiger partial charge in [-0.25, -0.2) is 8.78 Å². The van der Waals surface area contributed by atoms with Crippen molar-refractivity contribution in [1.82, 2.24) is 23.9 Å². The fraction of sp³-hybridized carbons (Fsp3) is 0.333. The summed E-state index contributed by atoms with van der Waals surface area (Å²) in [6.07, 6.45) is 4.43. The number of amides is 4. The van der Waals surface area contributed by atoms with Crippen LogP contribution in [0.25, 0.3) is 0 Å². The molecule has 46 heavy (non-hydrogen) atoms. The molecule has 1 fully saturated rings. The maximum absolute atomic E-state index is 13.4. The Bertz CT molecular complexity index is 1780. The first-order valence-corrected chi connectivity index (χ1v) is 15.6. The molecule has 4 N–H and O–H groups in total. The van der Waals surface area contributed by atoms with Crippen LogP contribution in [0, 0.1) is 0 Å². The number of aryl methyl sites for hydroxylation is 3. The fourth-order valence-electron chi connectivity index (χ4n) is 5.13. The number of thiophene rings is 1. The summed E-state index contributed by atoms with van der Waals surface area (Å²) in [7, 11) is 4.99. The lowest BCUT2D eigenvalue weighted by molar-refractivity contribution is -0.0547. The minimum Gasteiger partial charge on any atom is -0.349 e. The molecule has 4 amide bonds. The largest absolute Gasteiger partial charge is 0.349 e. The van der Waals surface area contributed by atoms with Crippen LogP contribution in [0.4, 0.5) is 25.8 Å². The Morgan fingerprint density at radius 1 is 0.783 bits per heavy atom. The number of alkyl halides is 2. The Morgan fingerprint density at radius 3 is 1.70 bits per heavy atom. The molecule has 0 radical (unpaired) electrons. The Hall–Kier alpha value is -4.47. The third-order valence-electron chi connectivity index (χ3n) is 7.61. The van der Waals surface area contributed by atoms with Crippen molar-refractivity contribution in [3.8, 4) is 0 Å².